The van der Waals surface area contributed by atoms with Gasteiger partial charge in [-0.05, 0) is 0 Å². The molecule has 0 unspecified atom stereocenters. The van der Waals surface area contributed by atoms with Gasteiger partial charge < -0.3 is 6.16 Å². The zero-order valence-electron chi connectivity index (χ0n) is 5.47. The first-order chi connectivity index (χ1) is 2.77. The summed E-state index contributed by atoms with van der Waals surface area (Å²) < 4.78 is 4.27. The fourth-order valence-electron chi connectivity index (χ4n) is 0.0909. The predicted molar refractivity (Wildman–Crippen MR) is 26.7 cm³/mol. The van der Waals surface area contributed by atoms with E-state index in [4.69, 9.17) is 0 Å². The van der Waals surface area contributed by atoms with Gasteiger partial charge in [0.1, 0.15) is 5.94 Å². The molecule has 0 rings (SSSR count). The number of hydrogen-bond acceptors (Lipinski definition) is 3. The first kappa shape index (κ1) is 10.7. The largest absolute Gasteiger partial charge is 1.00 e. The van der Waals surface area contributed by atoms with Crippen LogP contribution < -0.4 is 29.6 Å². The van der Waals surface area contributed by atoms with Crippen molar-refractivity contribution in [2.75, 3.05) is 5.94 Å². The summed E-state index contributed by atoms with van der Waals surface area (Å²) in [7, 11) is 0. The Morgan fingerprint density at radius 2 is 2.43 bits per heavy atom. The third-order valence-corrected chi connectivity index (χ3v) is 0.397. The molecule has 0 atom stereocenters. The molecule has 2 nitrogen and oxygen atoms in total. The van der Waals surface area contributed by atoms with Gasteiger partial charge in [-0.2, -0.15) is 0 Å². The molecule has 0 spiro atoms. The minimum atomic E-state index is -0.287. The first-order valence-corrected chi connectivity index (χ1v) is 2.15. The van der Waals surface area contributed by atoms with E-state index in [9.17, 15) is 4.79 Å². The average molecular weight is 130 g/mol. The fourth-order valence-corrected chi connectivity index (χ4v) is 0.273. The Morgan fingerprint density at radius 1 is 2.00 bits per heavy atom. The van der Waals surface area contributed by atoms with Crippen LogP contribution in [-0.4, -0.2) is 11.9 Å². The second-order valence-corrected chi connectivity index (χ2v) is 1.02. The second-order valence-electron chi connectivity index (χ2n) is 0.765. The Bertz CT molecular complexity index is 61.2. The van der Waals surface area contributed by atoms with Crippen LogP contribution in [0.4, 0.5) is 0 Å². The molecule has 0 heterocycles. The molecule has 0 aromatic rings. The first-order valence-electron chi connectivity index (χ1n) is 1.51. The molecule has 0 N–H and O–H groups in total. The number of esters is 1. The van der Waals surface area contributed by atoms with Crippen molar-refractivity contribution in [2.45, 2.75) is 6.92 Å². The Kier molecular flexibility index (Phi) is 10.5. The van der Waals surface area contributed by atoms with E-state index in [0.29, 0.717) is 0 Å². The van der Waals surface area contributed by atoms with Crippen LogP contribution in [0.15, 0.2) is 0 Å². The van der Waals surface area contributed by atoms with E-state index >= 15 is 0 Å². The molecule has 7 heavy (non-hydrogen) atoms. The summed E-state index contributed by atoms with van der Waals surface area (Å²) in [5.41, 5.74) is 0. The van der Waals surface area contributed by atoms with Crippen molar-refractivity contribution in [2.24, 2.45) is 0 Å². The van der Waals surface area contributed by atoms with Crippen molar-refractivity contribution in [3.05, 3.63) is 0 Å². The van der Waals surface area contributed by atoms with Gasteiger partial charge in [0, 0.05) is 6.92 Å². The molecule has 0 saturated carbocycles. The zero-order valence-corrected chi connectivity index (χ0v) is 7.37. The van der Waals surface area contributed by atoms with Crippen molar-refractivity contribution < 1.29 is 40.5 Å². The van der Waals surface area contributed by atoms with Crippen LogP contribution in [-0.2, 0) is 9.53 Å². The topological polar surface area (TPSA) is 26.3 Å². The predicted octanol–water partition coefficient (Wildman–Crippen LogP) is -2.45. The molecule has 4 heteroatoms. The maximum Gasteiger partial charge on any atom is 1.00 e. The van der Waals surface area contributed by atoms with Crippen LogP contribution in [0.2, 0.25) is 0 Å². The van der Waals surface area contributed by atoms with Crippen LogP contribution in [0.25, 0.3) is 0 Å². The van der Waals surface area contributed by atoms with Gasteiger partial charge in [-0.1, -0.05) is 0 Å². The number of carbonyl (C=O) groups is 1. The SMILES string of the molecule is CC(=O)OCS.[H-].[Na+]. The molecular formula is C3H7NaO2S. The summed E-state index contributed by atoms with van der Waals surface area (Å²) in [4.78, 5) is 9.77. The Balaban J connectivity index is -0.000000125. The molecule has 0 aliphatic rings. The molecule has 0 saturated heterocycles. The van der Waals surface area contributed by atoms with Crippen LogP contribution in [0.1, 0.15) is 8.35 Å². The van der Waals surface area contributed by atoms with Gasteiger partial charge in [-0.3, -0.25) is 4.79 Å². The average Bonchev–Trinajstić information content (AvgIpc) is 1.35. The fraction of sp³-hybridized carbons (Fsp3) is 0.667. The molecule has 0 bridgehead atoms. The minimum absolute atomic E-state index is 0. The van der Waals surface area contributed by atoms with Crippen molar-refractivity contribution in [3.63, 3.8) is 0 Å². The van der Waals surface area contributed by atoms with Gasteiger partial charge in [-0.25, -0.2) is 0 Å². The number of thiol groups is 1. The smallest absolute Gasteiger partial charge is 1.00 e. The van der Waals surface area contributed by atoms with Crippen molar-refractivity contribution >= 4 is 18.6 Å². The summed E-state index contributed by atoms with van der Waals surface area (Å²) in [6.07, 6.45) is 0. The van der Waals surface area contributed by atoms with Gasteiger partial charge in [0.15, 0.2) is 0 Å². The van der Waals surface area contributed by atoms with E-state index in [1.165, 1.54) is 6.92 Å². The number of rotatable bonds is 1. The van der Waals surface area contributed by atoms with Gasteiger partial charge in [0.05, 0.1) is 0 Å². The maximum absolute atomic E-state index is 9.77. The van der Waals surface area contributed by atoms with E-state index < -0.39 is 0 Å². The molecule has 0 fully saturated rings. The number of carbonyl (C=O) groups excluding carboxylic acids is 1. The normalized spacial score (nSPS) is 6.57. The van der Waals surface area contributed by atoms with E-state index in [1.807, 2.05) is 0 Å². The Hall–Kier alpha value is 0.820. The van der Waals surface area contributed by atoms with Crippen molar-refractivity contribution in [1.29, 1.82) is 0 Å². The van der Waals surface area contributed by atoms with Crippen LogP contribution in [0, 0.1) is 0 Å². The molecule has 0 aliphatic heterocycles. The summed E-state index contributed by atoms with van der Waals surface area (Å²) in [6.45, 7) is 1.34. The molecule has 0 aromatic carbocycles. The summed E-state index contributed by atoms with van der Waals surface area (Å²) >= 11 is 3.62. The minimum Gasteiger partial charge on any atom is -1.00 e. The zero-order chi connectivity index (χ0) is 4.99. The summed E-state index contributed by atoms with van der Waals surface area (Å²) in [5, 5.41) is 0. The second kappa shape index (κ2) is 6.82. The van der Waals surface area contributed by atoms with Gasteiger partial charge in [-0.15, -0.1) is 12.6 Å². The molecule has 38 valence electrons. The summed E-state index contributed by atoms with van der Waals surface area (Å²) in [5.74, 6) is -0.111. The maximum atomic E-state index is 9.77. The van der Waals surface area contributed by atoms with Crippen LogP contribution in [0.5, 0.6) is 0 Å². The molecule has 0 radical (unpaired) electrons. The van der Waals surface area contributed by atoms with Crippen molar-refractivity contribution in [1.82, 2.24) is 0 Å². The summed E-state index contributed by atoms with van der Waals surface area (Å²) in [6, 6.07) is 0. The van der Waals surface area contributed by atoms with Crippen molar-refractivity contribution in [3.8, 4) is 0 Å². The molecule has 0 aromatic heterocycles. The van der Waals surface area contributed by atoms with Crippen LogP contribution >= 0.6 is 12.6 Å². The Morgan fingerprint density at radius 3 is 2.43 bits per heavy atom. The molecular weight excluding hydrogens is 123 g/mol. The van der Waals surface area contributed by atoms with E-state index in [-0.39, 0.29) is 42.9 Å². The molecule has 0 aliphatic carbocycles. The third kappa shape index (κ3) is 10.9. The number of ether oxygens (including phenoxy) is 1. The standard InChI is InChI=1S/C3H6O2S.Na.H/c1-3(4)5-2-6;;/h6H,2H2,1H3;;/q;+1;-1. The van der Waals surface area contributed by atoms with E-state index in [2.05, 4.69) is 17.4 Å². The van der Waals surface area contributed by atoms with Crippen LogP contribution in [0.3, 0.4) is 0 Å². The van der Waals surface area contributed by atoms with E-state index in [1.54, 1.807) is 0 Å². The monoisotopic (exact) mass is 130 g/mol. The van der Waals surface area contributed by atoms with Gasteiger partial charge in [0.2, 0.25) is 0 Å². The number of hydrogen-bond donors (Lipinski definition) is 1. The third-order valence-electron chi connectivity index (χ3n) is 0.268. The van der Waals surface area contributed by atoms with Gasteiger partial charge >= 0.3 is 35.5 Å². The molecule has 0 amide bonds. The van der Waals surface area contributed by atoms with Gasteiger partial charge in [0.25, 0.3) is 0 Å². The van der Waals surface area contributed by atoms with E-state index in [0.717, 1.165) is 0 Å². The Labute approximate surface area is 71.8 Å². The quantitative estimate of drug-likeness (QED) is 0.185.